The van der Waals surface area contributed by atoms with Crippen LogP contribution in [0.25, 0.3) is 0 Å². The van der Waals surface area contributed by atoms with Crippen LogP contribution in [0.2, 0.25) is 0 Å². The van der Waals surface area contributed by atoms with Gasteiger partial charge in [0.1, 0.15) is 0 Å². The number of carbonyl (C=O) groups is 3. The highest BCUT2D eigenvalue weighted by molar-refractivity contribution is 5.96. The smallest absolute Gasteiger partial charge is 0.321 e. The molecular formula is C14H25N3O4. The Morgan fingerprint density at radius 1 is 1.24 bits per heavy atom. The molecule has 2 N–H and O–H groups in total. The fourth-order valence-electron chi connectivity index (χ4n) is 2.37. The topological polar surface area (TPSA) is 87.7 Å². The molecule has 1 rings (SSSR count). The Labute approximate surface area is 125 Å². The van der Waals surface area contributed by atoms with Crippen LogP contribution >= 0.6 is 0 Å². The Hall–Kier alpha value is -1.63. The molecule has 1 fully saturated rings. The van der Waals surface area contributed by atoms with E-state index < -0.39 is 12.1 Å². The number of ether oxygens (including phenoxy) is 1. The number of hydrogen-bond acceptors (Lipinski definition) is 5. The number of nitrogens with one attached hydrogen (secondary N) is 2. The van der Waals surface area contributed by atoms with Crippen LogP contribution < -0.4 is 10.6 Å². The zero-order valence-corrected chi connectivity index (χ0v) is 13.0. The first-order valence-electron chi connectivity index (χ1n) is 7.48. The molecule has 1 atom stereocenters. The minimum Gasteiger partial charge on any atom is -0.466 e. The molecule has 0 aromatic heterocycles. The molecule has 21 heavy (non-hydrogen) atoms. The molecule has 1 unspecified atom stereocenters. The first-order valence-corrected chi connectivity index (χ1v) is 7.48. The molecule has 0 bridgehead atoms. The van der Waals surface area contributed by atoms with Crippen molar-refractivity contribution >= 4 is 17.9 Å². The van der Waals surface area contributed by atoms with Gasteiger partial charge in [-0.25, -0.2) is 4.79 Å². The maximum Gasteiger partial charge on any atom is 0.321 e. The molecule has 7 nitrogen and oxygen atoms in total. The Balaban J connectivity index is 2.40. The monoisotopic (exact) mass is 299 g/mol. The van der Waals surface area contributed by atoms with Gasteiger partial charge in [-0.15, -0.1) is 0 Å². The summed E-state index contributed by atoms with van der Waals surface area (Å²) in [6, 6.07) is -0.869. The first-order chi connectivity index (χ1) is 9.99. The number of hydrogen-bond donors (Lipinski definition) is 2. The molecule has 1 saturated heterocycles. The Bertz CT molecular complexity index is 378. The van der Waals surface area contributed by atoms with Crippen LogP contribution in [0.5, 0.6) is 0 Å². The Kier molecular flexibility index (Phi) is 7.14. The van der Waals surface area contributed by atoms with Crippen LogP contribution in [0, 0.1) is 5.92 Å². The van der Waals surface area contributed by atoms with Crippen molar-refractivity contribution in [3.05, 3.63) is 0 Å². The highest BCUT2D eigenvalue weighted by Crippen LogP contribution is 2.20. The van der Waals surface area contributed by atoms with Gasteiger partial charge in [-0.3, -0.25) is 19.8 Å². The molecule has 1 heterocycles. The highest BCUT2D eigenvalue weighted by atomic mass is 16.5. The van der Waals surface area contributed by atoms with E-state index in [0.717, 1.165) is 0 Å². The molecule has 7 heteroatoms. The summed E-state index contributed by atoms with van der Waals surface area (Å²) in [4.78, 5) is 36.9. The SMILES string of the molecule is CCNC(=O)NC(=O)C(C)N1CCC(C(=O)OCC)CC1. The average Bonchev–Trinajstić information content (AvgIpc) is 2.47. The first kappa shape index (κ1) is 17.4. The number of esters is 1. The Morgan fingerprint density at radius 3 is 2.38 bits per heavy atom. The molecule has 0 aliphatic carbocycles. The molecule has 3 amide bonds. The van der Waals surface area contributed by atoms with Crippen LogP contribution in [0.3, 0.4) is 0 Å². The van der Waals surface area contributed by atoms with Crippen molar-refractivity contribution in [1.82, 2.24) is 15.5 Å². The van der Waals surface area contributed by atoms with E-state index in [1.165, 1.54) is 0 Å². The lowest BCUT2D eigenvalue weighted by Gasteiger charge is -2.34. The van der Waals surface area contributed by atoms with Gasteiger partial charge < -0.3 is 10.1 Å². The van der Waals surface area contributed by atoms with Crippen molar-refractivity contribution in [3.63, 3.8) is 0 Å². The summed E-state index contributed by atoms with van der Waals surface area (Å²) < 4.78 is 5.01. The third kappa shape index (κ3) is 5.34. The maximum absolute atomic E-state index is 11.9. The van der Waals surface area contributed by atoms with Crippen molar-refractivity contribution in [2.75, 3.05) is 26.2 Å². The third-order valence-corrected chi connectivity index (χ3v) is 3.65. The zero-order chi connectivity index (χ0) is 15.8. The van der Waals surface area contributed by atoms with Gasteiger partial charge in [0.2, 0.25) is 5.91 Å². The number of piperidine rings is 1. The molecule has 1 aliphatic rings. The van der Waals surface area contributed by atoms with Crippen LogP contribution in [0.15, 0.2) is 0 Å². The lowest BCUT2D eigenvalue weighted by atomic mass is 9.96. The van der Waals surface area contributed by atoms with Crippen LogP contribution in [0.1, 0.15) is 33.6 Å². The number of amides is 3. The number of imide groups is 1. The second-order valence-corrected chi connectivity index (χ2v) is 5.09. The quantitative estimate of drug-likeness (QED) is 0.722. The molecule has 0 aromatic carbocycles. The van der Waals surface area contributed by atoms with Crippen molar-refractivity contribution in [2.24, 2.45) is 5.92 Å². The van der Waals surface area contributed by atoms with E-state index in [0.29, 0.717) is 39.1 Å². The van der Waals surface area contributed by atoms with Crippen molar-refractivity contribution in [3.8, 4) is 0 Å². The van der Waals surface area contributed by atoms with Gasteiger partial charge in [-0.05, 0) is 46.7 Å². The summed E-state index contributed by atoms with van der Waals surface area (Å²) in [7, 11) is 0. The number of urea groups is 1. The largest absolute Gasteiger partial charge is 0.466 e. The standard InChI is InChI=1S/C14H25N3O4/c1-4-15-14(20)16-12(18)10(3)17-8-6-11(7-9-17)13(19)21-5-2/h10-11H,4-9H2,1-3H3,(H2,15,16,18,20). The normalized spacial score (nSPS) is 17.9. The van der Waals surface area contributed by atoms with Gasteiger partial charge in [0.25, 0.3) is 0 Å². The van der Waals surface area contributed by atoms with Crippen LogP contribution in [0.4, 0.5) is 4.79 Å². The van der Waals surface area contributed by atoms with E-state index in [4.69, 9.17) is 4.74 Å². The summed E-state index contributed by atoms with van der Waals surface area (Å²) in [5.41, 5.74) is 0. The van der Waals surface area contributed by atoms with E-state index in [1.807, 2.05) is 4.90 Å². The average molecular weight is 299 g/mol. The van der Waals surface area contributed by atoms with E-state index in [1.54, 1.807) is 20.8 Å². The molecule has 0 radical (unpaired) electrons. The molecule has 0 saturated carbocycles. The molecule has 120 valence electrons. The highest BCUT2D eigenvalue weighted by Gasteiger charge is 2.30. The predicted octanol–water partition coefficient (Wildman–Crippen LogP) is 0.496. The van der Waals surface area contributed by atoms with Crippen LogP contribution in [-0.4, -0.2) is 55.1 Å². The van der Waals surface area contributed by atoms with Gasteiger partial charge in [-0.1, -0.05) is 0 Å². The minimum absolute atomic E-state index is 0.0835. The van der Waals surface area contributed by atoms with Gasteiger partial charge in [0.05, 0.1) is 18.6 Å². The summed E-state index contributed by atoms with van der Waals surface area (Å²) in [6.45, 7) is 7.50. The summed E-state index contributed by atoms with van der Waals surface area (Å²) in [5, 5.41) is 4.83. The maximum atomic E-state index is 11.9. The third-order valence-electron chi connectivity index (χ3n) is 3.65. The fraction of sp³-hybridized carbons (Fsp3) is 0.786. The van der Waals surface area contributed by atoms with Crippen molar-refractivity contribution < 1.29 is 19.1 Å². The second-order valence-electron chi connectivity index (χ2n) is 5.09. The lowest BCUT2D eigenvalue weighted by molar-refractivity contribution is -0.149. The van der Waals surface area contributed by atoms with Gasteiger partial charge in [-0.2, -0.15) is 0 Å². The number of nitrogens with zero attached hydrogens (tertiary/aromatic N) is 1. The fourth-order valence-corrected chi connectivity index (χ4v) is 2.37. The van der Waals surface area contributed by atoms with E-state index in [-0.39, 0.29) is 17.8 Å². The Morgan fingerprint density at radius 2 is 1.86 bits per heavy atom. The van der Waals surface area contributed by atoms with Crippen LogP contribution in [-0.2, 0) is 14.3 Å². The molecular weight excluding hydrogens is 274 g/mol. The molecule has 1 aliphatic heterocycles. The van der Waals surface area contributed by atoms with Gasteiger partial charge >= 0.3 is 12.0 Å². The number of carbonyl (C=O) groups excluding carboxylic acids is 3. The lowest BCUT2D eigenvalue weighted by Crippen LogP contribution is -2.52. The van der Waals surface area contributed by atoms with E-state index >= 15 is 0 Å². The number of rotatable bonds is 5. The minimum atomic E-state index is -0.476. The van der Waals surface area contributed by atoms with Crippen molar-refractivity contribution in [1.29, 1.82) is 0 Å². The summed E-state index contributed by atoms with van der Waals surface area (Å²) >= 11 is 0. The van der Waals surface area contributed by atoms with Crippen molar-refractivity contribution in [2.45, 2.75) is 39.7 Å². The molecule has 0 spiro atoms. The molecule has 0 aromatic rings. The zero-order valence-electron chi connectivity index (χ0n) is 13.0. The second kappa shape index (κ2) is 8.61. The predicted molar refractivity (Wildman–Crippen MR) is 77.6 cm³/mol. The van der Waals surface area contributed by atoms with Gasteiger partial charge in [0, 0.05) is 6.54 Å². The van der Waals surface area contributed by atoms with Gasteiger partial charge in [0.15, 0.2) is 0 Å². The summed E-state index contributed by atoms with van der Waals surface area (Å²) in [5.74, 6) is -0.563. The summed E-state index contributed by atoms with van der Waals surface area (Å²) in [6.07, 6.45) is 1.36. The van der Waals surface area contributed by atoms with E-state index in [9.17, 15) is 14.4 Å². The van der Waals surface area contributed by atoms with E-state index in [2.05, 4.69) is 10.6 Å². The number of likely N-dealkylation sites (tertiary alicyclic amines) is 1.